The van der Waals surface area contributed by atoms with Crippen LogP contribution in [0.3, 0.4) is 0 Å². The third kappa shape index (κ3) is 4.66. The minimum absolute atomic E-state index is 0.186. The Morgan fingerprint density at radius 1 is 1.00 bits per heavy atom. The van der Waals surface area contributed by atoms with Crippen molar-refractivity contribution in [2.45, 2.75) is 25.5 Å². The Morgan fingerprint density at radius 2 is 1.73 bits per heavy atom. The second-order valence-electron chi connectivity index (χ2n) is 7.18. The van der Waals surface area contributed by atoms with E-state index in [9.17, 15) is 9.59 Å². The molecule has 1 atom stereocenters. The molecule has 1 aliphatic heterocycles. The molecule has 2 heterocycles. The summed E-state index contributed by atoms with van der Waals surface area (Å²) < 4.78 is 5.41. The second-order valence-corrected chi connectivity index (χ2v) is 7.18. The van der Waals surface area contributed by atoms with Crippen LogP contribution in [0.25, 0.3) is 11.1 Å². The molecule has 1 unspecified atom stereocenters. The smallest absolute Gasteiger partial charge is 0.410 e. The van der Waals surface area contributed by atoms with Crippen molar-refractivity contribution >= 4 is 17.8 Å². The Balaban J connectivity index is 1.39. The average Bonchev–Trinajstić information content (AvgIpc) is 3.29. The molecule has 4 rings (SSSR count). The maximum atomic E-state index is 12.9. The molecule has 0 saturated carbocycles. The fourth-order valence-corrected chi connectivity index (χ4v) is 3.58. The third-order valence-corrected chi connectivity index (χ3v) is 5.11. The summed E-state index contributed by atoms with van der Waals surface area (Å²) >= 11 is 0. The highest BCUT2D eigenvalue weighted by Gasteiger charge is 2.35. The zero-order valence-corrected chi connectivity index (χ0v) is 16.5. The van der Waals surface area contributed by atoms with Crippen molar-refractivity contribution in [2.24, 2.45) is 0 Å². The van der Waals surface area contributed by atoms with E-state index < -0.39 is 12.1 Å². The van der Waals surface area contributed by atoms with Gasteiger partial charge in [-0.2, -0.15) is 0 Å². The number of nitrogens with one attached hydrogen (secondary N) is 1. The molecule has 6 heteroatoms. The van der Waals surface area contributed by atoms with Crippen LogP contribution in [0.1, 0.15) is 18.4 Å². The van der Waals surface area contributed by atoms with E-state index in [0.29, 0.717) is 18.8 Å². The molecule has 0 radical (unpaired) electrons. The second kappa shape index (κ2) is 9.22. The maximum Gasteiger partial charge on any atom is 0.410 e. The van der Waals surface area contributed by atoms with Crippen molar-refractivity contribution in [3.05, 3.63) is 84.6 Å². The first kappa shape index (κ1) is 19.6. The number of carbonyl (C=O) groups excluding carboxylic acids is 2. The number of pyridine rings is 1. The predicted molar refractivity (Wildman–Crippen MR) is 115 cm³/mol. The standard InChI is InChI=1S/C24H23N3O3/c28-23(26-22-16-20(13-14-25-22)19-10-5-2-6-11-19)21-12-7-15-27(21)24(29)30-17-18-8-3-1-4-9-18/h1-6,8-11,13-14,16,21H,7,12,15,17H2,(H,25,26,28). The number of amides is 2. The van der Waals surface area contributed by atoms with E-state index in [2.05, 4.69) is 10.3 Å². The van der Waals surface area contributed by atoms with E-state index >= 15 is 0 Å². The van der Waals surface area contributed by atoms with Crippen molar-refractivity contribution in [3.8, 4) is 11.1 Å². The largest absolute Gasteiger partial charge is 0.445 e. The monoisotopic (exact) mass is 401 g/mol. The molecule has 0 spiro atoms. The summed E-state index contributed by atoms with van der Waals surface area (Å²) in [6, 6.07) is 22.6. The van der Waals surface area contributed by atoms with Gasteiger partial charge in [0.2, 0.25) is 5.91 Å². The van der Waals surface area contributed by atoms with Crippen molar-refractivity contribution in [1.29, 1.82) is 0 Å². The zero-order valence-electron chi connectivity index (χ0n) is 16.5. The van der Waals surface area contributed by atoms with Gasteiger partial charge in [0, 0.05) is 12.7 Å². The lowest BCUT2D eigenvalue weighted by atomic mass is 10.1. The van der Waals surface area contributed by atoms with Gasteiger partial charge < -0.3 is 10.1 Å². The van der Waals surface area contributed by atoms with Crippen molar-refractivity contribution < 1.29 is 14.3 Å². The Labute approximate surface area is 175 Å². The van der Waals surface area contributed by atoms with E-state index in [1.54, 1.807) is 6.20 Å². The van der Waals surface area contributed by atoms with Crippen molar-refractivity contribution in [2.75, 3.05) is 11.9 Å². The topological polar surface area (TPSA) is 71.5 Å². The van der Waals surface area contributed by atoms with Gasteiger partial charge in [0.25, 0.3) is 0 Å². The summed E-state index contributed by atoms with van der Waals surface area (Å²) in [5.41, 5.74) is 2.92. The number of carbonyl (C=O) groups is 2. The highest BCUT2D eigenvalue weighted by molar-refractivity contribution is 5.96. The number of ether oxygens (including phenoxy) is 1. The number of nitrogens with zero attached hydrogens (tertiary/aromatic N) is 2. The molecular weight excluding hydrogens is 378 g/mol. The molecular formula is C24H23N3O3. The number of benzene rings is 2. The first-order valence-corrected chi connectivity index (χ1v) is 10.0. The van der Waals surface area contributed by atoms with Gasteiger partial charge in [-0.1, -0.05) is 60.7 Å². The van der Waals surface area contributed by atoms with Crippen LogP contribution in [0.2, 0.25) is 0 Å². The molecule has 1 aromatic heterocycles. The van der Waals surface area contributed by atoms with Crippen LogP contribution < -0.4 is 5.32 Å². The molecule has 30 heavy (non-hydrogen) atoms. The molecule has 0 aliphatic carbocycles. The van der Waals surface area contributed by atoms with Crippen molar-refractivity contribution in [1.82, 2.24) is 9.88 Å². The van der Waals surface area contributed by atoms with Gasteiger partial charge in [-0.05, 0) is 41.7 Å². The molecule has 3 aromatic rings. The van der Waals surface area contributed by atoms with E-state index in [-0.39, 0.29) is 12.5 Å². The number of likely N-dealkylation sites (tertiary alicyclic amines) is 1. The Bertz CT molecular complexity index is 1010. The zero-order chi connectivity index (χ0) is 20.8. The number of aromatic nitrogens is 1. The highest BCUT2D eigenvalue weighted by Crippen LogP contribution is 2.23. The minimum atomic E-state index is -0.560. The Morgan fingerprint density at radius 3 is 2.50 bits per heavy atom. The lowest BCUT2D eigenvalue weighted by molar-refractivity contribution is -0.120. The first-order chi connectivity index (χ1) is 14.7. The summed E-state index contributed by atoms with van der Waals surface area (Å²) in [6.07, 6.45) is 2.56. The van der Waals surface area contributed by atoms with E-state index in [4.69, 9.17) is 4.74 Å². The van der Waals surface area contributed by atoms with E-state index in [1.165, 1.54) is 4.90 Å². The SMILES string of the molecule is O=C(Nc1cc(-c2ccccc2)ccn1)C1CCCN1C(=O)OCc1ccccc1. The van der Waals surface area contributed by atoms with Gasteiger partial charge in [0.1, 0.15) is 18.5 Å². The Kier molecular flexibility index (Phi) is 6.03. The van der Waals surface area contributed by atoms with E-state index in [0.717, 1.165) is 23.1 Å². The summed E-state index contributed by atoms with van der Waals surface area (Å²) in [4.78, 5) is 31.1. The molecule has 1 aliphatic rings. The fraction of sp³-hybridized carbons (Fsp3) is 0.208. The van der Waals surface area contributed by atoms with Crippen LogP contribution in [-0.4, -0.2) is 34.5 Å². The quantitative estimate of drug-likeness (QED) is 0.684. The molecule has 2 aromatic carbocycles. The van der Waals surface area contributed by atoms with Gasteiger partial charge in [0.05, 0.1) is 0 Å². The molecule has 6 nitrogen and oxygen atoms in total. The summed E-state index contributed by atoms with van der Waals surface area (Å²) in [7, 11) is 0. The van der Waals surface area contributed by atoms with Gasteiger partial charge in [-0.3, -0.25) is 9.69 Å². The van der Waals surface area contributed by atoms with Gasteiger partial charge in [-0.15, -0.1) is 0 Å². The van der Waals surface area contributed by atoms with Gasteiger partial charge >= 0.3 is 6.09 Å². The normalized spacial score (nSPS) is 15.6. The first-order valence-electron chi connectivity index (χ1n) is 10.0. The lowest BCUT2D eigenvalue weighted by Crippen LogP contribution is -2.43. The fourth-order valence-electron chi connectivity index (χ4n) is 3.58. The minimum Gasteiger partial charge on any atom is -0.445 e. The number of hydrogen-bond donors (Lipinski definition) is 1. The van der Waals surface area contributed by atoms with Crippen LogP contribution in [0.15, 0.2) is 79.0 Å². The summed E-state index contributed by atoms with van der Waals surface area (Å²) in [5, 5.41) is 2.85. The molecule has 1 N–H and O–H groups in total. The summed E-state index contributed by atoms with van der Waals surface area (Å²) in [5.74, 6) is 0.215. The van der Waals surface area contributed by atoms with Gasteiger partial charge in [0.15, 0.2) is 0 Å². The van der Waals surface area contributed by atoms with E-state index in [1.807, 2.05) is 72.8 Å². The molecule has 2 amide bonds. The highest BCUT2D eigenvalue weighted by atomic mass is 16.6. The van der Waals surface area contributed by atoms with Crippen LogP contribution in [-0.2, 0) is 16.1 Å². The number of anilines is 1. The molecule has 0 bridgehead atoms. The molecule has 1 saturated heterocycles. The van der Waals surface area contributed by atoms with Crippen LogP contribution in [0.5, 0.6) is 0 Å². The average molecular weight is 401 g/mol. The lowest BCUT2D eigenvalue weighted by Gasteiger charge is -2.23. The maximum absolute atomic E-state index is 12.9. The Hall–Kier alpha value is -3.67. The number of rotatable bonds is 5. The third-order valence-electron chi connectivity index (χ3n) is 5.11. The predicted octanol–water partition coefficient (Wildman–Crippen LogP) is 4.49. The summed E-state index contributed by atoms with van der Waals surface area (Å²) in [6.45, 7) is 0.689. The van der Waals surface area contributed by atoms with Crippen LogP contribution in [0, 0.1) is 0 Å². The molecule has 1 fully saturated rings. The molecule has 152 valence electrons. The van der Waals surface area contributed by atoms with Crippen LogP contribution >= 0.6 is 0 Å². The van der Waals surface area contributed by atoms with Gasteiger partial charge in [-0.25, -0.2) is 9.78 Å². The number of hydrogen-bond acceptors (Lipinski definition) is 4. The van der Waals surface area contributed by atoms with Crippen LogP contribution in [0.4, 0.5) is 10.6 Å². The van der Waals surface area contributed by atoms with Crippen molar-refractivity contribution in [3.63, 3.8) is 0 Å².